The molecule has 20 heavy (non-hydrogen) atoms. The van der Waals surface area contributed by atoms with E-state index in [1.165, 1.54) is 0 Å². The molecule has 2 rings (SSSR count). The van der Waals surface area contributed by atoms with Crippen LogP contribution in [0.3, 0.4) is 0 Å². The Balaban J connectivity index is 2.13. The third-order valence-electron chi connectivity index (χ3n) is 4.41. The van der Waals surface area contributed by atoms with Crippen molar-refractivity contribution in [3.05, 3.63) is 29.3 Å². The smallest absolute Gasteiger partial charge is 0.168 e. The van der Waals surface area contributed by atoms with Crippen LogP contribution in [0.4, 0.5) is 0 Å². The van der Waals surface area contributed by atoms with Gasteiger partial charge in [-0.05, 0) is 44.6 Å². The minimum atomic E-state index is -1.14. The number of Topliss-reactive ketones (excluding diaryl/α,β-unsaturated/α-hetero) is 1. The summed E-state index contributed by atoms with van der Waals surface area (Å²) in [6, 6.07) is 5.81. The van der Waals surface area contributed by atoms with E-state index >= 15 is 0 Å². The Morgan fingerprint density at radius 3 is 2.65 bits per heavy atom. The minimum Gasteiger partial charge on any atom is -0.496 e. The number of hydrogen-bond acceptors (Lipinski definition) is 3. The minimum absolute atomic E-state index is 0.0756. The van der Waals surface area contributed by atoms with Crippen LogP contribution in [0.25, 0.3) is 0 Å². The van der Waals surface area contributed by atoms with Gasteiger partial charge in [0.1, 0.15) is 11.4 Å². The predicted octanol–water partition coefficient (Wildman–Crippen LogP) is 3.06. The summed E-state index contributed by atoms with van der Waals surface area (Å²) >= 11 is 0. The van der Waals surface area contributed by atoms with Gasteiger partial charge in [-0.1, -0.05) is 24.6 Å². The van der Waals surface area contributed by atoms with E-state index in [4.69, 9.17) is 4.74 Å². The van der Waals surface area contributed by atoms with Crippen LogP contribution >= 0.6 is 0 Å². The first-order valence-electron chi connectivity index (χ1n) is 7.34. The summed E-state index contributed by atoms with van der Waals surface area (Å²) in [4.78, 5) is 12.5. The normalized spacial score (nSPS) is 26.3. The highest BCUT2D eigenvalue weighted by molar-refractivity contribution is 5.89. The van der Waals surface area contributed by atoms with Crippen LogP contribution in [0.1, 0.15) is 43.7 Å². The monoisotopic (exact) mass is 276 g/mol. The largest absolute Gasteiger partial charge is 0.496 e. The molecule has 0 heterocycles. The third kappa shape index (κ3) is 3.21. The summed E-state index contributed by atoms with van der Waals surface area (Å²) in [5, 5.41) is 10.6. The lowest BCUT2D eigenvalue weighted by Crippen LogP contribution is -2.42. The lowest BCUT2D eigenvalue weighted by molar-refractivity contribution is -0.140. The van der Waals surface area contributed by atoms with E-state index in [0.29, 0.717) is 18.8 Å². The highest BCUT2D eigenvalue weighted by Gasteiger charge is 2.38. The van der Waals surface area contributed by atoms with E-state index in [9.17, 15) is 9.90 Å². The molecule has 1 aliphatic carbocycles. The quantitative estimate of drug-likeness (QED) is 0.919. The second-order valence-electron chi connectivity index (χ2n) is 6.13. The van der Waals surface area contributed by atoms with E-state index in [-0.39, 0.29) is 12.2 Å². The Morgan fingerprint density at radius 1 is 1.40 bits per heavy atom. The van der Waals surface area contributed by atoms with E-state index in [0.717, 1.165) is 29.7 Å². The highest BCUT2D eigenvalue weighted by Crippen LogP contribution is 2.34. The predicted molar refractivity (Wildman–Crippen MR) is 79.0 cm³/mol. The molecule has 0 bridgehead atoms. The Bertz CT molecular complexity index is 485. The zero-order valence-electron chi connectivity index (χ0n) is 12.6. The third-order valence-corrected chi connectivity index (χ3v) is 4.41. The average molecular weight is 276 g/mol. The molecule has 0 saturated heterocycles. The number of ketones is 1. The van der Waals surface area contributed by atoms with Crippen molar-refractivity contribution in [2.24, 2.45) is 5.92 Å². The maximum Gasteiger partial charge on any atom is 0.168 e. The maximum atomic E-state index is 12.5. The van der Waals surface area contributed by atoms with E-state index in [2.05, 4.69) is 6.92 Å². The molecule has 3 heteroatoms. The summed E-state index contributed by atoms with van der Waals surface area (Å²) in [5.74, 6) is 1.25. The molecule has 0 atom stereocenters. The Morgan fingerprint density at radius 2 is 2.05 bits per heavy atom. The van der Waals surface area contributed by atoms with Gasteiger partial charge in [-0.15, -0.1) is 0 Å². The molecule has 0 aromatic heterocycles. The summed E-state index contributed by atoms with van der Waals surface area (Å²) in [7, 11) is 1.61. The van der Waals surface area contributed by atoms with Crippen LogP contribution in [-0.4, -0.2) is 23.6 Å². The number of carbonyl (C=O) groups is 1. The molecular formula is C17H24O3. The molecular weight excluding hydrogens is 252 g/mol. The van der Waals surface area contributed by atoms with Crippen molar-refractivity contribution in [1.29, 1.82) is 0 Å². The molecule has 1 saturated carbocycles. The molecule has 110 valence electrons. The first-order valence-corrected chi connectivity index (χ1v) is 7.34. The Hall–Kier alpha value is -1.35. The highest BCUT2D eigenvalue weighted by atomic mass is 16.5. The summed E-state index contributed by atoms with van der Waals surface area (Å²) in [5.41, 5.74) is 0.823. The van der Waals surface area contributed by atoms with Gasteiger partial charge in [-0.2, -0.15) is 0 Å². The standard InChI is InChI=1S/C17H24O3/c1-12-6-8-17(19,9-7-12)16(18)11-14-10-13(2)4-5-15(14)20-3/h4-5,10,12,19H,6-9,11H2,1-3H3. The van der Waals surface area contributed by atoms with Gasteiger partial charge in [0.05, 0.1) is 7.11 Å². The van der Waals surface area contributed by atoms with Crippen LogP contribution < -0.4 is 4.74 Å². The fourth-order valence-electron chi connectivity index (χ4n) is 2.90. The van der Waals surface area contributed by atoms with Gasteiger partial charge >= 0.3 is 0 Å². The van der Waals surface area contributed by atoms with Gasteiger partial charge in [-0.3, -0.25) is 4.79 Å². The van der Waals surface area contributed by atoms with Gasteiger partial charge in [0.15, 0.2) is 5.78 Å². The van der Waals surface area contributed by atoms with E-state index < -0.39 is 5.60 Å². The molecule has 1 N–H and O–H groups in total. The average Bonchev–Trinajstić information content (AvgIpc) is 2.42. The van der Waals surface area contributed by atoms with Crippen molar-refractivity contribution in [2.45, 2.75) is 51.6 Å². The second kappa shape index (κ2) is 5.96. The zero-order chi connectivity index (χ0) is 14.8. The van der Waals surface area contributed by atoms with Crippen molar-refractivity contribution in [3.8, 4) is 5.75 Å². The lowest BCUT2D eigenvalue weighted by Gasteiger charge is -2.33. The van der Waals surface area contributed by atoms with E-state index in [1.807, 2.05) is 25.1 Å². The topological polar surface area (TPSA) is 46.5 Å². The van der Waals surface area contributed by atoms with Crippen molar-refractivity contribution in [2.75, 3.05) is 7.11 Å². The number of rotatable bonds is 4. The van der Waals surface area contributed by atoms with Crippen LogP contribution in [0.5, 0.6) is 5.75 Å². The maximum absolute atomic E-state index is 12.5. The van der Waals surface area contributed by atoms with Crippen LogP contribution in [-0.2, 0) is 11.2 Å². The number of aliphatic hydroxyl groups is 1. The van der Waals surface area contributed by atoms with Crippen molar-refractivity contribution in [3.63, 3.8) is 0 Å². The Kier molecular flexibility index (Phi) is 4.48. The second-order valence-corrected chi connectivity index (χ2v) is 6.13. The number of aryl methyl sites for hydroxylation is 1. The molecule has 1 aromatic carbocycles. The van der Waals surface area contributed by atoms with Gasteiger partial charge < -0.3 is 9.84 Å². The molecule has 1 aromatic rings. The first kappa shape index (κ1) is 15.0. The summed E-state index contributed by atoms with van der Waals surface area (Å²) in [6.07, 6.45) is 3.26. The van der Waals surface area contributed by atoms with E-state index in [1.54, 1.807) is 7.11 Å². The molecule has 0 spiro atoms. The molecule has 0 aliphatic heterocycles. The van der Waals surface area contributed by atoms with Gasteiger partial charge in [-0.25, -0.2) is 0 Å². The first-order chi connectivity index (χ1) is 9.44. The number of hydrogen-bond donors (Lipinski definition) is 1. The molecule has 1 aliphatic rings. The summed E-state index contributed by atoms with van der Waals surface area (Å²) in [6.45, 7) is 4.16. The molecule has 0 amide bonds. The Labute approximate surface area is 121 Å². The van der Waals surface area contributed by atoms with Gasteiger partial charge in [0.25, 0.3) is 0 Å². The molecule has 3 nitrogen and oxygen atoms in total. The van der Waals surface area contributed by atoms with Gasteiger partial charge in [0, 0.05) is 12.0 Å². The number of methoxy groups -OCH3 is 1. The number of carbonyl (C=O) groups excluding carboxylic acids is 1. The summed E-state index contributed by atoms with van der Waals surface area (Å²) < 4.78 is 5.30. The van der Waals surface area contributed by atoms with Gasteiger partial charge in [0.2, 0.25) is 0 Å². The van der Waals surface area contributed by atoms with Crippen LogP contribution in [0.2, 0.25) is 0 Å². The molecule has 0 radical (unpaired) electrons. The zero-order valence-corrected chi connectivity index (χ0v) is 12.6. The number of benzene rings is 1. The van der Waals surface area contributed by atoms with Crippen molar-refractivity contribution >= 4 is 5.78 Å². The number of ether oxygens (including phenoxy) is 1. The van der Waals surface area contributed by atoms with Crippen LogP contribution in [0, 0.1) is 12.8 Å². The fourth-order valence-corrected chi connectivity index (χ4v) is 2.90. The molecule has 1 fully saturated rings. The lowest BCUT2D eigenvalue weighted by atomic mass is 9.76. The SMILES string of the molecule is COc1ccc(C)cc1CC(=O)C1(O)CCC(C)CC1. The van der Waals surface area contributed by atoms with Crippen molar-refractivity contribution < 1.29 is 14.6 Å². The molecule has 0 unspecified atom stereocenters. The fraction of sp³-hybridized carbons (Fsp3) is 0.588. The van der Waals surface area contributed by atoms with Crippen molar-refractivity contribution in [1.82, 2.24) is 0 Å². The van der Waals surface area contributed by atoms with Crippen LogP contribution in [0.15, 0.2) is 18.2 Å².